The molecule has 0 saturated heterocycles. The highest BCUT2D eigenvalue weighted by atomic mass is 19.1. The summed E-state index contributed by atoms with van der Waals surface area (Å²) in [6, 6.07) is 7.58. The number of halogens is 1. The van der Waals surface area contributed by atoms with E-state index < -0.39 is 22.4 Å². The molecule has 0 unspecified atom stereocenters. The van der Waals surface area contributed by atoms with Gasteiger partial charge in [0.2, 0.25) is 5.95 Å². The van der Waals surface area contributed by atoms with Gasteiger partial charge in [0.25, 0.3) is 5.69 Å². The Morgan fingerprint density at radius 1 is 1.05 bits per heavy atom. The number of nitrogens with one attached hydrogen (secondary N) is 3. The Hall–Kier alpha value is -4.88. The lowest BCUT2D eigenvalue weighted by molar-refractivity contribution is -0.384. The number of nitrogens with zero attached hydrogens (tertiary/aromatic N) is 4. The van der Waals surface area contributed by atoms with Crippen molar-refractivity contribution in [1.82, 2.24) is 9.97 Å². The molecule has 2 aromatic carbocycles. The minimum atomic E-state index is -0.780. The standard InChI is InChI=1S/C27H34FN7O6/c1-8-34(9-2)20-14-23(40-7)19(13-21(20)35(37)38)32-25-29-15-17(28)24(33-25)31-18-12-16(10-11-22(18)39-6)30-26(36)41-27(3,4)5/h10-15H,8-9H2,1-7H3,(H,30,36)(H2,29,31,32,33). The first-order valence-corrected chi connectivity index (χ1v) is 12.7. The third kappa shape index (κ3) is 7.84. The van der Waals surface area contributed by atoms with Crippen molar-refractivity contribution in [2.24, 2.45) is 0 Å². The molecule has 0 atom stereocenters. The number of hydrogen-bond donors (Lipinski definition) is 3. The smallest absolute Gasteiger partial charge is 0.412 e. The van der Waals surface area contributed by atoms with E-state index in [2.05, 4.69) is 25.9 Å². The fourth-order valence-corrected chi connectivity index (χ4v) is 3.86. The normalized spacial score (nSPS) is 10.9. The quantitative estimate of drug-likeness (QED) is 0.177. The van der Waals surface area contributed by atoms with E-state index in [1.807, 2.05) is 18.7 Å². The minimum Gasteiger partial charge on any atom is -0.495 e. The zero-order chi connectivity index (χ0) is 30.3. The molecule has 13 nitrogen and oxygen atoms in total. The van der Waals surface area contributed by atoms with Crippen molar-refractivity contribution in [2.75, 3.05) is 48.2 Å². The van der Waals surface area contributed by atoms with Crippen molar-refractivity contribution in [3.63, 3.8) is 0 Å². The minimum absolute atomic E-state index is 0.0564. The van der Waals surface area contributed by atoms with Gasteiger partial charge in [0.15, 0.2) is 11.6 Å². The summed E-state index contributed by atoms with van der Waals surface area (Å²) in [6.45, 7) is 10.1. The van der Waals surface area contributed by atoms with Crippen LogP contribution in [0.5, 0.6) is 11.5 Å². The maximum absolute atomic E-state index is 14.8. The molecule has 0 aliphatic heterocycles. The van der Waals surface area contributed by atoms with Gasteiger partial charge in [0.1, 0.15) is 22.8 Å². The molecular weight excluding hydrogens is 537 g/mol. The highest BCUT2D eigenvalue weighted by Gasteiger charge is 2.23. The zero-order valence-corrected chi connectivity index (χ0v) is 24.0. The van der Waals surface area contributed by atoms with E-state index in [9.17, 15) is 19.3 Å². The topological polar surface area (TPSA) is 153 Å². The van der Waals surface area contributed by atoms with Gasteiger partial charge >= 0.3 is 6.09 Å². The average Bonchev–Trinajstić information content (AvgIpc) is 2.90. The fourth-order valence-electron chi connectivity index (χ4n) is 3.86. The molecular formula is C27H34FN7O6. The van der Waals surface area contributed by atoms with Crippen LogP contribution in [0.1, 0.15) is 34.6 Å². The van der Waals surface area contributed by atoms with Gasteiger partial charge in [-0.2, -0.15) is 4.98 Å². The number of amides is 1. The number of methoxy groups -OCH3 is 2. The first kappa shape index (κ1) is 30.7. The van der Waals surface area contributed by atoms with Crippen LogP contribution in [0.4, 0.5) is 49.4 Å². The molecule has 0 bridgehead atoms. The van der Waals surface area contributed by atoms with E-state index in [1.165, 1.54) is 26.4 Å². The molecule has 0 fully saturated rings. The molecule has 0 spiro atoms. The lowest BCUT2D eigenvalue weighted by Crippen LogP contribution is -2.27. The Labute approximate surface area is 237 Å². The van der Waals surface area contributed by atoms with Crippen molar-refractivity contribution in [1.29, 1.82) is 0 Å². The Balaban J connectivity index is 1.94. The summed E-state index contributed by atoms with van der Waals surface area (Å²) < 4.78 is 30.9. The predicted molar refractivity (Wildman–Crippen MR) is 155 cm³/mol. The molecule has 0 saturated carbocycles. The molecule has 220 valence electrons. The van der Waals surface area contributed by atoms with Gasteiger partial charge in [-0.25, -0.2) is 14.2 Å². The number of anilines is 6. The maximum Gasteiger partial charge on any atom is 0.412 e. The van der Waals surface area contributed by atoms with E-state index >= 15 is 0 Å². The zero-order valence-electron chi connectivity index (χ0n) is 24.0. The third-order valence-corrected chi connectivity index (χ3v) is 5.69. The molecule has 0 radical (unpaired) electrons. The number of nitro groups is 1. The van der Waals surface area contributed by atoms with E-state index in [0.717, 1.165) is 6.20 Å². The Bertz CT molecular complexity index is 1410. The van der Waals surface area contributed by atoms with Crippen LogP contribution in [0.2, 0.25) is 0 Å². The van der Waals surface area contributed by atoms with Gasteiger partial charge in [-0.3, -0.25) is 15.4 Å². The van der Waals surface area contributed by atoms with Crippen LogP contribution in [-0.4, -0.2) is 53.9 Å². The summed E-state index contributed by atoms with van der Waals surface area (Å²) in [6.07, 6.45) is 0.279. The first-order chi connectivity index (χ1) is 19.4. The summed E-state index contributed by atoms with van der Waals surface area (Å²) in [5.74, 6) is -0.403. The van der Waals surface area contributed by atoms with Crippen molar-refractivity contribution in [3.8, 4) is 11.5 Å². The number of carbonyl (C=O) groups excluding carboxylic acids is 1. The highest BCUT2D eigenvalue weighted by Crippen LogP contribution is 2.39. The molecule has 3 N–H and O–H groups in total. The number of benzene rings is 2. The van der Waals surface area contributed by atoms with Gasteiger partial charge in [-0.1, -0.05) is 0 Å². The van der Waals surface area contributed by atoms with Crippen LogP contribution >= 0.6 is 0 Å². The summed E-state index contributed by atoms with van der Waals surface area (Å²) in [5, 5.41) is 20.2. The first-order valence-electron chi connectivity index (χ1n) is 12.7. The Morgan fingerprint density at radius 2 is 1.71 bits per heavy atom. The van der Waals surface area contributed by atoms with Crippen molar-refractivity contribution in [3.05, 3.63) is 52.5 Å². The molecule has 1 heterocycles. The molecule has 0 aliphatic carbocycles. The van der Waals surface area contributed by atoms with Gasteiger partial charge < -0.3 is 29.7 Å². The summed E-state index contributed by atoms with van der Waals surface area (Å²) >= 11 is 0. The van der Waals surface area contributed by atoms with Crippen LogP contribution < -0.4 is 30.3 Å². The summed E-state index contributed by atoms with van der Waals surface area (Å²) in [4.78, 5) is 33.6. The number of aromatic nitrogens is 2. The maximum atomic E-state index is 14.8. The number of ether oxygens (including phenoxy) is 3. The molecule has 3 aromatic rings. The number of nitro benzene ring substituents is 1. The largest absolute Gasteiger partial charge is 0.495 e. The molecule has 0 aliphatic rings. The Kier molecular flexibility index (Phi) is 9.71. The van der Waals surface area contributed by atoms with Crippen molar-refractivity contribution >= 4 is 46.3 Å². The number of carbonyl (C=O) groups is 1. The van der Waals surface area contributed by atoms with Crippen LogP contribution in [0.3, 0.4) is 0 Å². The van der Waals surface area contributed by atoms with Gasteiger partial charge in [0.05, 0.1) is 36.7 Å². The molecule has 1 amide bonds. The average molecular weight is 572 g/mol. The van der Waals surface area contributed by atoms with Crippen molar-refractivity contribution < 1.29 is 28.3 Å². The van der Waals surface area contributed by atoms with Crippen molar-refractivity contribution in [2.45, 2.75) is 40.2 Å². The number of hydrogen-bond acceptors (Lipinski definition) is 11. The lowest BCUT2D eigenvalue weighted by Gasteiger charge is -2.22. The van der Waals surface area contributed by atoms with E-state index in [4.69, 9.17) is 14.2 Å². The second kappa shape index (κ2) is 13.0. The van der Waals surface area contributed by atoms with E-state index in [1.54, 1.807) is 39.0 Å². The predicted octanol–water partition coefficient (Wildman–Crippen LogP) is 6.22. The van der Waals surface area contributed by atoms with Crippen LogP contribution in [0, 0.1) is 15.9 Å². The van der Waals surface area contributed by atoms with Crippen LogP contribution in [0.15, 0.2) is 36.5 Å². The van der Waals surface area contributed by atoms with E-state index in [-0.39, 0.29) is 23.1 Å². The van der Waals surface area contributed by atoms with Gasteiger partial charge in [0, 0.05) is 30.9 Å². The molecule has 41 heavy (non-hydrogen) atoms. The SMILES string of the molecule is CCN(CC)c1cc(OC)c(Nc2ncc(F)c(Nc3cc(NC(=O)OC(C)(C)C)ccc3OC)n2)cc1[N+](=O)[O-]. The van der Waals surface area contributed by atoms with E-state index in [0.29, 0.717) is 41.7 Å². The third-order valence-electron chi connectivity index (χ3n) is 5.69. The van der Waals surface area contributed by atoms with Gasteiger partial charge in [-0.15, -0.1) is 0 Å². The van der Waals surface area contributed by atoms with Crippen LogP contribution in [0.25, 0.3) is 0 Å². The highest BCUT2D eigenvalue weighted by molar-refractivity contribution is 5.86. The Morgan fingerprint density at radius 3 is 2.29 bits per heavy atom. The number of rotatable bonds is 11. The lowest BCUT2D eigenvalue weighted by atomic mass is 10.2. The molecule has 1 aromatic heterocycles. The van der Waals surface area contributed by atoms with Crippen LogP contribution in [-0.2, 0) is 4.74 Å². The monoisotopic (exact) mass is 571 g/mol. The summed E-state index contributed by atoms with van der Waals surface area (Å²) in [5.41, 5.74) is 0.434. The second-order valence-electron chi connectivity index (χ2n) is 9.65. The molecule has 14 heteroatoms. The van der Waals surface area contributed by atoms with Gasteiger partial charge in [-0.05, 0) is 52.8 Å². The second-order valence-corrected chi connectivity index (χ2v) is 9.65. The summed E-state index contributed by atoms with van der Waals surface area (Å²) in [7, 11) is 2.87. The molecule has 3 rings (SSSR count). The fraction of sp³-hybridized carbons (Fsp3) is 0.370.